The zero-order valence-corrected chi connectivity index (χ0v) is 11.8. The molecule has 0 saturated carbocycles. The van der Waals surface area contributed by atoms with Gasteiger partial charge in [0.15, 0.2) is 0 Å². The number of methoxy groups -OCH3 is 1. The minimum absolute atomic E-state index is 0.134. The maximum atomic E-state index is 6.00. The Balaban J connectivity index is 2.34. The summed E-state index contributed by atoms with van der Waals surface area (Å²) in [6.07, 6.45) is 0. The number of benzene rings is 1. The van der Waals surface area contributed by atoms with Gasteiger partial charge in [-0.05, 0) is 28.1 Å². The molecule has 94 valence electrons. The Morgan fingerprint density at radius 1 is 1.39 bits per heavy atom. The summed E-state index contributed by atoms with van der Waals surface area (Å²) in [6, 6.07) is 7.12. The van der Waals surface area contributed by atoms with Gasteiger partial charge < -0.3 is 15.8 Å². The number of nitrogens with one attached hydrogen (secondary N) is 1. The Morgan fingerprint density at radius 3 is 2.89 bits per heavy atom. The van der Waals surface area contributed by atoms with Crippen LogP contribution in [0.25, 0.3) is 0 Å². The highest BCUT2D eigenvalue weighted by atomic mass is 79.9. The van der Waals surface area contributed by atoms with Crippen LogP contribution in [0.15, 0.2) is 28.7 Å². The fourth-order valence-corrected chi connectivity index (χ4v) is 1.89. The quantitative estimate of drug-likeness (QED) is 0.904. The third-order valence-corrected chi connectivity index (χ3v) is 3.54. The summed E-state index contributed by atoms with van der Waals surface area (Å²) in [6.45, 7) is 0. The molecule has 3 N–H and O–H groups in total. The normalized spacial score (nSPS) is 10.2. The molecule has 0 bridgehead atoms. The van der Waals surface area contributed by atoms with Gasteiger partial charge in [0.1, 0.15) is 5.82 Å². The van der Waals surface area contributed by atoms with E-state index in [0.717, 1.165) is 10.2 Å². The molecule has 18 heavy (non-hydrogen) atoms. The number of nitrogens with zero attached hydrogens (tertiary/aromatic N) is 2. The predicted octanol–water partition coefficient (Wildman–Crippen LogP) is 3.23. The zero-order chi connectivity index (χ0) is 13.1. The lowest BCUT2D eigenvalue weighted by molar-refractivity contribution is 0.398. The van der Waals surface area contributed by atoms with Crippen molar-refractivity contribution in [3.8, 4) is 5.88 Å². The van der Waals surface area contributed by atoms with Crippen molar-refractivity contribution in [1.82, 2.24) is 9.97 Å². The maximum absolute atomic E-state index is 6.00. The fourth-order valence-electron chi connectivity index (χ4n) is 1.35. The van der Waals surface area contributed by atoms with E-state index in [1.165, 1.54) is 7.11 Å². The number of nitrogen functional groups attached to an aromatic ring is 1. The first-order valence-electron chi connectivity index (χ1n) is 4.99. The van der Waals surface area contributed by atoms with Crippen LogP contribution in [0.4, 0.5) is 17.5 Å². The second kappa shape index (κ2) is 5.41. The van der Waals surface area contributed by atoms with E-state index >= 15 is 0 Å². The van der Waals surface area contributed by atoms with Crippen molar-refractivity contribution in [3.63, 3.8) is 0 Å². The highest BCUT2D eigenvalue weighted by molar-refractivity contribution is 9.10. The van der Waals surface area contributed by atoms with Crippen molar-refractivity contribution in [3.05, 3.63) is 33.8 Å². The highest BCUT2D eigenvalue weighted by Crippen LogP contribution is 2.32. The molecule has 1 aromatic carbocycles. The summed E-state index contributed by atoms with van der Waals surface area (Å²) >= 11 is 9.39. The molecule has 5 nitrogen and oxygen atoms in total. The van der Waals surface area contributed by atoms with Gasteiger partial charge in [0.25, 0.3) is 0 Å². The van der Waals surface area contributed by atoms with E-state index in [2.05, 4.69) is 31.2 Å². The van der Waals surface area contributed by atoms with E-state index in [9.17, 15) is 0 Å². The van der Waals surface area contributed by atoms with Crippen LogP contribution in [-0.4, -0.2) is 17.1 Å². The molecule has 1 heterocycles. The van der Waals surface area contributed by atoms with Crippen LogP contribution in [0.1, 0.15) is 0 Å². The van der Waals surface area contributed by atoms with Crippen molar-refractivity contribution in [2.75, 3.05) is 18.2 Å². The molecule has 0 aliphatic heterocycles. The summed E-state index contributed by atoms with van der Waals surface area (Å²) in [5.41, 5.74) is 6.36. The average molecular weight is 330 g/mol. The summed E-state index contributed by atoms with van der Waals surface area (Å²) in [7, 11) is 1.51. The molecule has 7 heteroatoms. The summed E-state index contributed by atoms with van der Waals surface area (Å²) < 4.78 is 5.77. The van der Waals surface area contributed by atoms with Crippen LogP contribution < -0.4 is 15.8 Å². The Labute approximate surface area is 117 Å². The predicted molar refractivity (Wildman–Crippen MR) is 75.4 cm³/mol. The smallest absolute Gasteiger partial charge is 0.225 e. The van der Waals surface area contributed by atoms with Crippen LogP contribution in [0, 0.1) is 0 Å². The first-order chi connectivity index (χ1) is 8.60. The number of hydrogen-bond donors (Lipinski definition) is 2. The Hall–Kier alpha value is -1.53. The molecule has 0 unspecified atom stereocenters. The summed E-state index contributed by atoms with van der Waals surface area (Å²) in [5.74, 6) is 1.06. The van der Waals surface area contributed by atoms with Gasteiger partial charge >= 0.3 is 0 Å². The number of rotatable bonds is 3. The molecule has 0 radical (unpaired) electrons. The van der Waals surface area contributed by atoms with Gasteiger partial charge in [0.2, 0.25) is 11.8 Å². The van der Waals surface area contributed by atoms with E-state index < -0.39 is 0 Å². The lowest BCUT2D eigenvalue weighted by Gasteiger charge is -2.10. The van der Waals surface area contributed by atoms with Crippen LogP contribution in [0.2, 0.25) is 5.02 Å². The maximum Gasteiger partial charge on any atom is 0.225 e. The number of hydrogen-bond acceptors (Lipinski definition) is 5. The van der Waals surface area contributed by atoms with Crippen molar-refractivity contribution < 1.29 is 4.74 Å². The van der Waals surface area contributed by atoms with E-state index in [0.29, 0.717) is 16.7 Å². The molecule has 2 aromatic rings. The lowest BCUT2D eigenvalue weighted by atomic mass is 10.3. The van der Waals surface area contributed by atoms with Gasteiger partial charge in [0.05, 0.1) is 22.3 Å². The van der Waals surface area contributed by atoms with Crippen LogP contribution in [-0.2, 0) is 0 Å². The molecule has 0 saturated heterocycles. The molecule has 0 aliphatic rings. The average Bonchev–Trinajstić information content (AvgIpc) is 2.34. The van der Waals surface area contributed by atoms with Gasteiger partial charge in [0, 0.05) is 6.07 Å². The highest BCUT2D eigenvalue weighted by Gasteiger charge is 2.07. The molecule has 1 aromatic heterocycles. The van der Waals surface area contributed by atoms with Crippen molar-refractivity contribution >= 4 is 45.0 Å². The molecule has 0 atom stereocenters. The number of aromatic nitrogens is 2. The van der Waals surface area contributed by atoms with Gasteiger partial charge in [-0.25, -0.2) is 0 Å². The zero-order valence-electron chi connectivity index (χ0n) is 9.45. The van der Waals surface area contributed by atoms with Crippen molar-refractivity contribution in [2.24, 2.45) is 0 Å². The number of halogens is 2. The molecule has 2 rings (SSSR count). The second-order valence-corrected chi connectivity index (χ2v) is 4.58. The summed E-state index contributed by atoms with van der Waals surface area (Å²) in [5, 5.41) is 3.69. The van der Waals surface area contributed by atoms with E-state index in [-0.39, 0.29) is 5.95 Å². The molecular formula is C11H10BrClN4O. The molecule has 0 spiro atoms. The Bertz CT molecular complexity index is 579. The molecule has 0 amide bonds. The Kier molecular flexibility index (Phi) is 3.88. The molecule has 0 fully saturated rings. The third kappa shape index (κ3) is 2.83. The van der Waals surface area contributed by atoms with Crippen LogP contribution >= 0.6 is 27.5 Å². The number of ether oxygens (including phenoxy) is 1. The second-order valence-electron chi connectivity index (χ2n) is 3.38. The van der Waals surface area contributed by atoms with Crippen LogP contribution in [0.3, 0.4) is 0 Å². The van der Waals surface area contributed by atoms with E-state index in [1.807, 2.05) is 12.1 Å². The SMILES string of the molecule is COc1cc(Nc2cccc(Cl)c2Br)nc(N)n1. The van der Waals surface area contributed by atoms with E-state index in [1.54, 1.807) is 12.1 Å². The minimum Gasteiger partial charge on any atom is -0.481 e. The van der Waals surface area contributed by atoms with Crippen molar-refractivity contribution in [1.29, 1.82) is 0 Å². The Morgan fingerprint density at radius 2 is 2.17 bits per heavy atom. The number of nitrogens with two attached hydrogens (primary N) is 1. The van der Waals surface area contributed by atoms with Gasteiger partial charge in [-0.3, -0.25) is 0 Å². The van der Waals surface area contributed by atoms with Gasteiger partial charge in [-0.1, -0.05) is 17.7 Å². The fraction of sp³-hybridized carbons (Fsp3) is 0.0909. The molecule has 0 aliphatic carbocycles. The van der Waals surface area contributed by atoms with Gasteiger partial charge in [-0.15, -0.1) is 0 Å². The first-order valence-corrected chi connectivity index (χ1v) is 6.17. The lowest BCUT2D eigenvalue weighted by Crippen LogP contribution is -2.02. The standard InChI is InChI=1S/C11H10BrClN4O/c1-18-9-5-8(16-11(14)17-9)15-7-4-2-3-6(13)10(7)12/h2-5H,1H3,(H3,14,15,16,17). The van der Waals surface area contributed by atoms with E-state index in [4.69, 9.17) is 22.1 Å². The molecular weight excluding hydrogens is 320 g/mol. The van der Waals surface area contributed by atoms with Crippen LogP contribution in [0.5, 0.6) is 5.88 Å². The minimum atomic E-state index is 0.134. The summed E-state index contributed by atoms with van der Waals surface area (Å²) in [4.78, 5) is 7.96. The monoisotopic (exact) mass is 328 g/mol. The first kappa shape index (κ1) is 12.9. The van der Waals surface area contributed by atoms with Crippen molar-refractivity contribution in [2.45, 2.75) is 0 Å². The van der Waals surface area contributed by atoms with Gasteiger partial charge in [-0.2, -0.15) is 9.97 Å². The largest absolute Gasteiger partial charge is 0.481 e. The third-order valence-electron chi connectivity index (χ3n) is 2.14. The topological polar surface area (TPSA) is 73.1 Å². The number of anilines is 3.